The summed E-state index contributed by atoms with van der Waals surface area (Å²) in [6.45, 7) is 4.17. The summed E-state index contributed by atoms with van der Waals surface area (Å²) in [6, 6.07) is 31.6. The van der Waals surface area contributed by atoms with Gasteiger partial charge in [-0.05, 0) is 72.0 Å². The van der Waals surface area contributed by atoms with Crippen LogP contribution in [-0.2, 0) is 16.0 Å². The highest BCUT2D eigenvalue weighted by Gasteiger charge is 2.21. The number of carbonyl (C=O) groups is 1. The smallest absolute Gasteiger partial charge is 0.225 e. The van der Waals surface area contributed by atoms with Gasteiger partial charge in [-0.15, -0.1) is 0 Å². The lowest BCUT2D eigenvalue weighted by Crippen LogP contribution is -2.31. The highest BCUT2D eigenvalue weighted by molar-refractivity contribution is 6.30. The number of nitrogens with one attached hydrogen (secondary N) is 1. The summed E-state index contributed by atoms with van der Waals surface area (Å²) < 4.78 is 11.8. The molecular weight excluding hydrogens is 494 g/mol. The predicted octanol–water partition coefficient (Wildman–Crippen LogP) is 7.89. The number of benzene rings is 4. The molecule has 1 unspecified atom stereocenters. The van der Waals surface area contributed by atoms with Crippen LogP contribution >= 0.6 is 11.6 Å². The second-order valence-corrected chi connectivity index (χ2v) is 10.1. The lowest BCUT2D eigenvalue weighted by molar-refractivity contribution is -0.120. The molecule has 5 aromatic rings. The van der Waals surface area contributed by atoms with Gasteiger partial charge in [0.05, 0.1) is 12.5 Å². The number of furan rings is 1. The first-order valence-corrected chi connectivity index (χ1v) is 13.0. The van der Waals surface area contributed by atoms with Crippen LogP contribution in [0.2, 0.25) is 5.02 Å². The van der Waals surface area contributed by atoms with E-state index in [9.17, 15) is 4.79 Å². The Morgan fingerprint density at radius 1 is 0.895 bits per heavy atom. The van der Waals surface area contributed by atoms with Crippen LogP contribution in [0, 0.1) is 13.8 Å². The van der Waals surface area contributed by atoms with Crippen LogP contribution in [0.1, 0.15) is 51.3 Å². The standard InChI is InChI=1S/C33H30ClNO3/c1-21-9-15-28(22(2)17-21)32(24-7-5-4-6-8-24)35-31(36)19-23-10-16-29-26(18-23)20-30(38-29)33(37-3)25-11-13-27(34)14-12-25/h4-18,20,32-33H,19H2,1-3H3,(H,35,36)/t32-,33?/m0/s1. The second kappa shape index (κ2) is 11.3. The normalized spacial score (nSPS) is 12.8. The van der Waals surface area contributed by atoms with E-state index < -0.39 is 0 Å². The Bertz CT molecular complexity index is 1560. The fourth-order valence-electron chi connectivity index (χ4n) is 4.94. The molecule has 0 bridgehead atoms. The average Bonchev–Trinajstić information content (AvgIpc) is 3.32. The minimum absolute atomic E-state index is 0.0437. The van der Waals surface area contributed by atoms with Crippen molar-refractivity contribution in [2.75, 3.05) is 7.11 Å². The average molecular weight is 524 g/mol. The molecule has 0 spiro atoms. The Morgan fingerprint density at radius 3 is 2.37 bits per heavy atom. The number of aryl methyl sites for hydroxylation is 2. The van der Waals surface area contributed by atoms with Gasteiger partial charge < -0.3 is 14.5 Å². The molecule has 1 aromatic heterocycles. The van der Waals surface area contributed by atoms with Crippen molar-refractivity contribution in [2.45, 2.75) is 32.4 Å². The molecule has 1 N–H and O–H groups in total. The summed E-state index contributed by atoms with van der Waals surface area (Å²) in [6.07, 6.45) is -0.0916. The van der Waals surface area contributed by atoms with Crippen molar-refractivity contribution >= 4 is 28.5 Å². The van der Waals surface area contributed by atoms with Crippen molar-refractivity contribution in [1.82, 2.24) is 5.32 Å². The maximum absolute atomic E-state index is 13.3. The Kier molecular flexibility index (Phi) is 7.64. The largest absolute Gasteiger partial charge is 0.458 e. The quantitative estimate of drug-likeness (QED) is 0.225. The molecule has 1 heterocycles. The van der Waals surface area contributed by atoms with Crippen molar-refractivity contribution in [3.05, 3.63) is 141 Å². The number of ether oxygens (including phenoxy) is 1. The van der Waals surface area contributed by atoms with Gasteiger partial charge in [-0.25, -0.2) is 0 Å². The van der Waals surface area contributed by atoms with Crippen LogP contribution < -0.4 is 5.32 Å². The number of carbonyl (C=O) groups excluding carboxylic acids is 1. The number of halogens is 1. The van der Waals surface area contributed by atoms with Gasteiger partial charge in [0.25, 0.3) is 0 Å². The number of amides is 1. The van der Waals surface area contributed by atoms with Gasteiger partial charge in [-0.1, -0.05) is 83.9 Å². The fourth-order valence-corrected chi connectivity index (χ4v) is 5.07. The second-order valence-electron chi connectivity index (χ2n) is 9.64. The number of fused-ring (bicyclic) bond motifs is 1. The maximum Gasteiger partial charge on any atom is 0.225 e. The summed E-state index contributed by atoms with van der Waals surface area (Å²) in [5.74, 6) is 0.656. The van der Waals surface area contributed by atoms with Crippen molar-refractivity contribution in [1.29, 1.82) is 0 Å². The lowest BCUT2D eigenvalue weighted by Gasteiger charge is -2.22. The first kappa shape index (κ1) is 25.8. The van der Waals surface area contributed by atoms with Crippen LogP contribution in [0.5, 0.6) is 0 Å². The molecule has 0 saturated carbocycles. The highest BCUT2D eigenvalue weighted by atomic mass is 35.5. The van der Waals surface area contributed by atoms with Gasteiger partial charge >= 0.3 is 0 Å². The molecule has 38 heavy (non-hydrogen) atoms. The summed E-state index contributed by atoms with van der Waals surface area (Å²) in [4.78, 5) is 13.3. The van der Waals surface area contributed by atoms with Gasteiger partial charge in [-0.2, -0.15) is 0 Å². The monoisotopic (exact) mass is 523 g/mol. The molecule has 1 amide bonds. The summed E-state index contributed by atoms with van der Waals surface area (Å²) >= 11 is 6.05. The van der Waals surface area contributed by atoms with E-state index >= 15 is 0 Å². The first-order valence-electron chi connectivity index (χ1n) is 12.6. The third-order valence-corrected chi connectivity index (χ3v) is 7.06. The number of rotatable bonds is 8. The van der Waals surface area contributed by atoms with Crippen molar-refractivity contribution in [3.63, 3.8) is 0 Å². The van der Waals surface area contributed by atoms with Crippen LogP contribution in [0.15, 0.2) is 101 Å². The van der Waals surface area contributed by atoms with Crippen molar-refractivity contribution < 1.29 is 13.9 Å². The summed E-state index contributed by atoms with van der Waals surface area (Å²) in [7, 11) is 1.65. The third kappa shape index (κ3) is 5.67. The van der Waals surface area contributed by atoms with E-state index in [4.69, 9.17) is 20.8 Å². The Morgan fingerprint density at radius 2 is 1.66 bits per heavy atom. The SMILES string of the molecule is COC(c1ccc(Cl)cc1)c1cc2cc(CC(=O)N[C@@H](c3ccccc3)c3ccc(C)cc3C)ccc2o1. The van der Waals surface area contributed by atoms with Crippen LogP contribution in [0.4, 0.5) is 0 Å². The van der Waals surface area contributed by atoms with E-state index in [1.54, 1.807) is 7.11 Å². The molecule has 0 aliphatic rings. The van der Waals surface area contributed by atoms with E-state index in [2.05, 4.69) is 49.5 Å². The summed E-state index contributed by atoms with van der Waals surface area (Å²) in [5.41, 5.74) is 7.11. The highest BCUT2D eigenvalue weighted by Crippen LogP contribution is 2.32. The van der Waals surface area contributed by atoms with Gasteiger partial charge in [0, 0.05) is 17.5 Å². The summed E-state index contributed by atoms with van der Waals surface area (Å²) in [5, 5.41) is 4.87. The molecule has 0 fully saturated rings. The molecule has 0 aliphatic carbocycles. The Balaban J connectivity index is 1.37. The minimum Gasteiger partial charge on any atom is -0.458 e. The number of methoxy groups -OCH3 is 1. The van der Waals surface area contributed by atoms with E-state index in [0.29, 0.717) is 10.8 Å². The first-order chi connectivity index (χ1) is 18.4. The topological polar surface area (TPSA) is 51.5 Å². The van der Waals surface area contributed by atoms with E-state index in [-0.39, 0.29) is 24.5 Å². The molecular formula is C33H30ClNO3. The molecule has 5 rings (SSSR count). The zero-order chi connectivity index (χ0) is 26.6. The fraction of sp³-hybridized carbons (Fsp3) is 0.182. The van der Waals surface area contributed by atoms with Crippen molar-refractivity contribution in [3.8, 4) is 0 Å². The number of hydrogen-bond acceptors (Lipinski definition) is 3. The van der Waals surface area contributed by atoms with Crippen LogP contribution in [0.25, 0.3) is 11.0 Å². The van der Waals surface area contributed by atoms with Gasteiger partial charge in [0.1, 0.15) is 17.4 Å². The molecule has 4 aromatic carbocycles. The molecule has 0 aliphatic heterocycles. The molecule has 192 valence electrons. The third-order valence-electron chi connectivity index (χ3n) is 6.81. The van der Waals surface area contributed by atoms with E-state index in [1.165, 1.54) is 5.56 Å². The molecule has 4 nitrogen and oxygen atoms in total. The van der Waals surface area contributed by atoms with E-state index in [0.717, 1.165) is 38.8 Å². The Hall–Kier alpha value is -3.86. The number of hydrogen-bond donors (Lipinski definition) is 1. The minimum atomic E-state index is -0.351. The van der Waals surface area contributed by atoms with Gasteiger partial charge in [0.15, 0.2) is 0 Å². The molecule has 2 atom stereocenters. The molecule has 0 radical (unpaired) electrons. The maximum atomic E-state index is 13.3. The van der Waals surface area contributed by atoms with Crippen molar-refractivity contribution in [2.24, 2.45) is 0 Å². The van der Waals surface area contributed by atoms with Crippen LogP contribution in [0.3, 0.4) is 0 Å². The van der Waals surface area contributed by atoms with E-state index in [1.807, 2.05) is 66.7 Å². The van der Waals surface area contributed by atoms with Gasteiger partial charge in [-0.3, -0.25) is 4.79 Å². The predicted molar refractivity (Wildman–Crippen MR) is 153 cm³/mol. The Labute approximate surface area is 228 Å². The lowest BCUT2D eigenvalue weighted by atomic mass is 9.93. The zero-order valence-electron chi connectivity index (χ0n) is 21.7. The van der Waals surface area contributed by atoms with Crippen LogP contribution in [-0.4, -0.2) is 13.0 Å². The zero-order valence-corrected chi connectivity index (χ0v) is 22.5. The van der Waals surface area contributed by atoms with Gasteiger partial charge in [0.2, 0.25) is 5.91 Å². The molecule has 0 saturated heterocycles. The molecule has 5 heteroatoms.